The second-order valence-corrected chi connectivity index (χ2v) is 13.7. The van der Waals surface area contributed by atoms with E-state index in [0.29, 0.717) is 16.6 Å². The van der Waals surface area contributed by atoms with Crippen LogP contribution in [0.1, 0.15) is 47.2 Å². The Morgan fingerprint density at radius 3 is 2.19 bits per heavy atom. The molecule has 4 heteroatoms. The van der Waals surface area contributed by atoms with Crippen LogP contribution in [0.5, 0.6) is 0 Å². The highest BCUT2D eigenvalue weighted by molar-refractivity contribution is 6.90. The third kappa shape index (κ3) is 3.44. The Morgan fingerprint density at radius 1 is 0.926 bits per heavy atom. The van der Waals surface area contributed by atoms with Crippen molar-refractivity contribution in [2.75, 3.05) is 0 Å². The summed E-state index contributed by atoms with van der Waals surface area (Å²) in [6, 6.07) is 10.5. The van der Waals surface area contributed by atoms with Gasteiger partial charge in [-0.05, 0) is 28.8 Å². The molecule has 0 saturated carbocycles. The summed E-state index contributed by atoms with van der Waals surface area (Å²) < 4.78 is 2.13. The summed E-state index contributed by atoms with van der Waals surface area (Å²) in [5, 5.41) is 1.18. The van der Waals surface area contributed by atoms with Gasteiger partial charge in [-0.15, -0.1) is 5.54 Å². The Bertz CT molecular complexity index is 953. The first-order chi connectivity index (χ1) is 12.9. The first-order valence-electron chi connectivity index (χ1n) is 9.78. The standard InChI is InChI=1S/C23H29N3Si/c1-17(2)27(18(3)4,19(5)6)14-11-21-15-20-9-7-8-10-22(20)26(21)23-16-24-12-13-25-23/h7-10,12-13,15-19H,1-6H3. The molecule has 0 aliphatic carbocycles. The second kappa shape index (κ2) is 7.70. The van der Waals surface area contributed by atoms with E-state index in [1.165, 1.54) is 5.39 Å². The van der Waals surface area contributed by atoms with Crippen molar-refractivity contribution < 1.29 is 0 Å². The molecule has 140 valence electrons. The van der Waals surface area contributed by atoms with Crippen molar-refractivity contribution in [2.24, 2.45) is 0 Å². The van der Waals surface area contributed by atoms with Crippen LogP contribution in [0.2, 0.25) is 16.6 Å². The number of hydrogen-bond donors (Lipinski definition) is 0. The van der Waals surface area contributed by atoms with Crippen molar-refractivity contribution in [1.29, 1.82) is 0 Å². The van der Waals surface area contributed by atoms with Gasteiger partial charge >= 0.3 is 0 Å². The molecule has 1 aromatic carbocycles. The second-order valence-electron chi connectivity index (χ2n) is 8.13. The van der Waals surface area contributed by atoms with Crippen molar-refractivity contribution in [2.45, 2.75) is 58.2 Å². The molecule has 3 aromatic rings. The molecule has 0 amide bonds. The molecule has 27 heavy (non-hydrogen) atoms. The number of hydrogen-bond acceptors (Lipinski definition) is 2. The van der Waals surface area contributed by atoms with E-state index < -0.39 is 8.07 Å². The van der Waals surface area contributed by atoms with E-state index in [9.17, 15) is 0 Å². The molecule has 3 rings (SSSR count). The van der Waals surface area contributed by atoms with E-state index in [1.54, 1.807) is 18.6 Å². The maximum Gasteiger partial charge on any atom is 0.156 e. The zero-order chi connectivity index (χ0) is 19.6. The maximum absolute atomic E-state index is 4.53. The smallest absolute Gasteiger partial charge is 0.156 e. The molecule has 0 aliphatic rings. The first kappa shape index (κ1) is 19.4. The summed E-state index contributed by atoms with van der Waals surface area (Å²) in [7, 11) is -1.79. The number of fused-ring (bicyclic) bond motifs is 1. The van der Waals surface area contributed by atoms with Crippen LogP contribution >= 0.6 is 0 Å². The van der Waals surface area contributed by atoms with Gasteiger partial charge in [0.05, 0.1) is 17.4 Å². The molecular weight excluding hydrogens is 346 g/mol. The normalized spacial score (nSPS) is 12.0. The topological polar surface area (TPSA) is 30.7 Å². The van der Waals surface area contributed by atoms with Gasteiger partial charge in [-0.3, -0.25) is 9.55 Å². The van der Waals surface area contributed by atoms with Crippen LogP contribution in [0.15, 0.2) is 48.9 Å². The minimum absolute atomic E-state index is 0.611. The highest BCUT2D eigenvalue weighted by Crippen LogP contribution is 2.40. The predicted molar refractivity (Wildman–Crippen MR) is 117 cm³/mol. The highest BCUT2D eigenvalue weighted by atomic mass is 28.3. The van der Waals surface area contributed by atoms with Gasteiger partial charge in [0.2, 0.25) is 0 Å². The van der Waals surface area contributed by atoms with E-state index in [4.69, 9.17) is 0 Å². The van der Waals surface area contributed by atoms with Gasteiger partial charge in [0.15, 0.2) is 5.82 Å². The average Bonchev–Trinajstić information content (AvgIpc) is 3.00. The maximum atomic E-state index is 4.53. The predicted octanol–water partition coefficient (Wildman–Crippen LogP) is 5.99. The minimum Gasteiger partial charge on any atom is -0.285 e. The van der Waals surface area contributed by atoms with E-state index in [-0.39, 0.29) is 0 Å². The number of aromatic nitrogens is 3. The Kier molecular flexibility index (Phi) is 5.52. The van der Waals surface area contributed by atoms with E-state index in [1.807, 2.05) is 0 Å². The molecule has 0 radical (unpaired) electrons. The molecule has 3 nitrogen and oxygen atoms in total. The SMILES string of the molecule is CC(C)[Si](C#Cc1cc2ccccc2n1-c1cnccn1)(C(C)C)C(C)C. The van der Waals surface area contributed by atoms with E-state index in [2.05, 4.69) is 97.9 Å². The van der Waals surface area contributed by atoms with Gasteiger partial charge in [0.1, 0.15) is 8.07 Å². The Balaban J connectivity index is 2.24. The van der Waals surface area contributed by atoms with Gasteiger partial charge in [-0.25, -0.2) is 4.98 Å². The van der Waals surface area contributed by atoms with Crippen LogP contribution in [-0.4, -0.2) is 22.6 Å². The summed E-state index contributed by atoms with van der Waals surface area (Å²) in [6.45, 7) is 14.1. The zero-order valence-corrected chi connectivity index (χ0v) is 18.2. The van der Waals surface area contributed by atoms with Crippen molar-refractivity contribution in [1.82, 2.24) is 14.5 Å². The van der Waals surface area contributed by atoms with Crippen molar-refractivity contribution in [3.8, 4) is 17.3 Å². The average molecular weight is 376 g/mol. The van der Waals surface area contributed by atoms with Gasteiger partial charge in [-0.2, -0.15) is 0 Å². The Morgan fingerprint density at radius 2 is 1.59 bits per heavy atom. The fourth-order valence-corrected chi connectivity index (χ4v) is 9.72. The summed E-state index contributed by atoms with van der Waals surface area (Å²) in [6.07, 6.45) is 5.24. The Labute approximate surface area is 163 Å². The van der Waals surface area contributed by atoms with Gasteiger partial charge in [0.25, 0.3) is 0 Å². The number of nitrogens with zero attached hydrogens (tertiary/aromatic N) is 3. The number of benzene rings is 1. The lowest BCUT2D eigenvalue weighted by molar-refractivity contribution is 0.838. The third-order valence-electron chi connectivity index (χ3n) is 5.76. The lowest BCUT2D eigenvalue weighted by Gasteiger charge is -2.38. The van der Waals surface area contributed by atoms with Crippen LogP contribution < -0.4 is 0 Å². The molecule has 0 atom stereocenters. The van der Waals surface area contributed by atoms with Gasteiger partial charge in [0, 0.05) is 17.8 Å². The highest BCUT2D eigenvalue weighted by Gasteiger charge is 2.41. The van der Waals surface area contributed by atoms with E-state index >= 15 is 0 Å². The molecule has 0 aliphatic heterocycles. The molecule has 0 unspecified atom stereocenters. The molecular formula is C23H29N3Si. The molecule has 0 saturated heterocycles. The summed E-state index contributed by atoms with van der Waals surface area (Å²) in [4.78, 5) is 8.79. The summed E-state index contributed by atoms with van der Waals surface area (Å²) >= 11 is 0. The number of para-hydroxylation sites is 1. The van der Waals surface area contributed by atoms with Crippen LogP contribution in [-0.2, 0) is 0 Å². The molecule has 0 fully saturated rings. The first-order valence-corrected chi connectivity index (χ1v) is 12.0. The fraction of sp³-hybridized carbons (Fsp3) is 0.391. The molecule has 2 aromatic heterocycles. The lowest BCUT2D eigenvalue weighted by Crippen LogP contribution is -2.43. The van der Waals surface area contributed by atoms with Crippen LogP contribution in [0.3, 0.4) is 0 Å². The van der Waals surface area contributed by atoms with Crippen molar-refractivity contribution >= 4 is 19.0 Å². The largest absolute Gasteiger partial charge is 0.285 e. The third-order valence-corrected chi connectivity index (χ3v) is 12.1. The van der Waals surface area contributed by atoms with Crippen molar-refractivity contribution in [3.05, 3.63) is 54.6 Å². The fourth-order valence-electron chi connectivity index (χ4n) is 4.51. The van der Waals surface area contributed by atoms with E-state index in [0.717, 1.165) is 17.0 Å². The van der Waals surface area contributed by atoms with Gasteiger partial charge in [-0.1, -0.05) is 65.7 Å². The molecule has 0 N–H and O–H groups in total. The summed E-state index contributed by atoms with van der Waals surface area (Å²) in [5.74, 6) is 4.41. The van der Waals surface area contributed by atoms with Gasteiger partial charge < -0.3 is 0 Å². The van der Waals surface area contributed by atoms with Crippen LogP contribution in [0.4, 0.5) is 0 Å². The molecule has 0 spiro atoms. The number of rotatable bonds is 4. The zero-order valence-electron chi connectivity index (χ0n) is 17.2. The minimum atomic E-state index is -1.79. The lowest BCUT2D eigenvalue weighted by atomic mass is 10.2. The molecule has 0 bridgehead atoms. The van der Waals surface area contributed by atoms with Crippen molar-refractivity contribution in [3.63, 3.8) is 0 Å². The monoisotopic (exact) mass is 375 g/mol. The van der Waals surface area contributed by atoms with Crippen LogP contribution in [0.25, 0.3) is 16.7 Å². The van der Waals surface area contributed by atoms with Crippen LogP contribution in [0, 0.1) is 11.5 Å². The Hall–Kier alpha value is -2.38. The molecule has 2 heterocycles. The summed E-state index contributed by atoms with van der Waals surface area (Å²) in [5.41, 5.74) is 7.78. The quantitative estimate of drug-likeness (QED) is 0.414.